The Balaban J connectivity index is 1.17. The third kappa shape index (κ3) is 5.21. The fourth-order valence-corrected chi connectivity index (χ4v) is 6.30. The number of carbonyl (C=O) groups excluding carboxylic acids is 3. The van der Waals surface area contributed by atoms with Crippen LogP contribution >= 0.6 is 34.9 Å². The molecule has 35 heavy (non-hydrogen) atoms. The molecule has 2 atom stereocenters. The summed E-state index contributed by atoms with van der Waals surface area (Å²) in [6, 6.07) is 8.51. The average molecular weight is 525 g/mol. The van der Waals surface area contributed by atoms with Gasteiger partial charge in [0.25, 0.3) is 0 Å². The number of thioether (sulfide) groups is 2. The lowest BCUT2D eigenvalue weighted by atomic mass is 9.93. The lowest BCUT2D eigenvalue weighted by molar-refractivity contribution is -0.152. The molecule has 0 unspecified atom stereocenters. The van der Waals surface area contributed by atoms with Crippen LogP contribution in [-0.4, -0.2) is 45.3 Å². The van der Waals surface area contributed by atoms with Gasteiger partial charge in [-0.25, -0.2) is 4.79 Å². The Morgan fingerprint density at radius 1 is 1.03 bits per heavy atom. The molecular weight excluding hydrogens is 508 g/mol. The van der Waals surface area contributed by atoms with Crippen molar-refractivity contribution in [3.05, 3.63) is 82.3 Å². The number of esters is 1. The van der Waals surface area contributed by atoms with Gasteiger partial charge in [0, 0.05) is 5.39 Å². The number of fused-ring (bicyclic) bond motifs is 2. The molecule has 0 amide bonds. The second-order valence-electron chi connectivity index (χ2n) is 7.53. The lowest BCUT2D eigenvalue weighted by Gasteiger charge is -2.25. The van der Waals surface area contributed by atoms with Crippen LogP contribution in [0.5, 0.6) is 0 Å². The number of para-hydroxylation sites is 1. The van der Waals surface area contributed by atoms with Gasteiger partial charge < -0.3 is 9.15 Å². The van der Waals surface area contributed by atoms with Crippen LogP contribution in [-0.2, 0) is 14.3 Å². The first-order valence-corrected chi connectivity index (χ1v) is 13.2. The van der Waals surface area contributed by atoms with E-state index in [1.165, 1.54) is 29.2 Å². The fourth-order valence-electron chi connectivity index (χ4n) is 3.48. The minimum Gasteiger partial charge on any atom is -0.452 e. The zero-order valence-corrected chi connectivity index (χ0v) is 20.4. The number of ketones is 2. The summed E-state index contributed by atoms with van der Waals surface area (Å²) < 4.78 is 11.6. The number of carbonyl (C=O) groups is 3. The number of rotatable bonds is 8. The SMILES string of the molecule is O=C(CSc1nnc(SCC(=O)[C@@H]2C=C3C=CC=C[C@@H]3OC2=O)s1)c1cc2ccccc2oc1=O. The van der Waals surface area contributed by atoms with E-state index < -0.39 is 23.6 Å². The standard InChI is InChI=1S/C24H16N2O6S3/c27-17(15-9-13-5-1-3-7-19(13)31-21(15)29)11-33-23-25-26-24(35-23)34-12-18(28)16-10-14-6-2-4-8-20(14)32-22(16)30/h1-10,15,19H,11-12H2/t15-,19-/m0/s1. The molecule has 0 radical (unpaired) electrons. The number of hydrogen-bond acceptors (Lipinski definition) is 11. The number of benzene rings is 1. The van der Waals surface area contributed by atoms with Gasteiger partial charge in [0.1, 0.15) is 23.2 Å². The van der Waals surface area contributed by atoms with Crippen LogP contribution in [0.25, 0.3) is 11.0 Å². The van der Waals surface area contributed by atoms with Crippen LogP contribution in [0.15, 0.2) is 84.2 Å². The van der Waals surface area contributed by atoms with E-state index in [4.69, 9.17) is 9.15 Å². The molecule has 3 aromatic rings. The smallest absolute Gasteiger partial charge is 0.347 e. The fraction of sp³-hybridized carbons (Fsp3) is 0.167. The van der Waals surface area contributed by atoms with Gasteiger partial charge in [-0.2, -0.15) is 0 Å². The van der Waals surface area contributed by atoms with E-state index in [-0.39, 0.29) is 28.6 Å². The van der Waals surface area contributed by atoms with Gasteiger partial charge in [-0.05, 0) is 23.8 Å². The number of ether oxygens (including phenoxy) is 1. The first kappa shape index (κ1) is 23.5. The van der Waals surface area contributed by atoms with Crippen molar-refractivity contribution in [2.24, 2.45) is 5.92 Å². The molecule has 11 heteroatoms. The normalized spacial score (nSPS) is 18.7. The van der Waals surface area contributed by atoms with Crippen molar-refractivity contribution >= 4 is 63.4 Å². The van der Waals surface area contributed by atoms with Crippen LogP contribution < -0.4 is 5.63 Å². The van der Waals surface area contributed by atoms with Gasteiger partial charge in [0.2, 0.25) is 0 Å². The number of hydrogen-bond donors (Lipinski definition) is 0. The molecule has 0 bridgehead atoms. The number of allylic oxidation sites excluding steroid dienone is 2. The van der Waals surface area contributed by atoms with Crippen LogP contribution in [0, 0.1) is 5.92 Å². The summed E-state index contributed by atoms with van der Waals surface area (Å²) in [5.41, 5.74) is 0.519. The van der Waals surface area contributed by atoms with E-state index in [1.54, 1.807) is 42.5 Å². The molecule has 5 rings (SSSR count). The van der Waals surface area contributed by atoms with Crippen molar-refractivity contribution in [2.75, 3.05) is 11.5 Å². The van der Waals surface area contributed by atoms with Crippen LogP contribution in [0.3, 0.4) is 0 Å². The molecule has 0 saturated heterocycles. The van der Waals surface area contributed by atoms with Gasteiger partial charge in [-0.15, -0.1) is 10.2 Å². The van der Waals surface area contributed by atoms with Crippen molar-refractivity contribution < 1.29 is 23.5 Å². The summed E-state index contributed by atoms with van der Waals surface area (Å²) >= 11 is 3.55. The third-order valence-corrected chi connectivity index (χ3v) is 8.42. The number of Topliss-reactive ketones (excluding diaryl/α,β-unsaturated/α-hetero) is 2. The molecule has 0 N–H and O–H groups in total. The number of nitrogens with zero attached hydrogens (tertiary/aromatic N) is 2. The first-order valence-electron chi connectivity index (χ1n) is 10.4. The second kappa shape index (κ2) is 10.1. The summed E-state index contributed by atoms with van der Waals surface area (Å²) in [6.07, 6.45) is 8.42. The van der Waals surface area contributed by atoms with Gasteiger partial charge in [0.15, 0.2) is 20.2 Å². The Kier molecular flexibility index (Phi) is 6.80. The topological polar surface area (TPSA) is 116 Å². The van der Waals surface area contributed by atoms with Gasteiger partial charge in [-0.1, -0.05) is 77.4 Å². The van der Waals surface area contributed by atoms with Gasteiger partial charge in [0.05, 0.1) is 11.5 Å². The highest BCUT2D eigenvalue weighted by atomic mass is 32.2. The summed E-state index contributed by atoms with van der Waals surface area (Å²) in [5, 5.41) is 8.75. The minimum absolute atomic E-state index is 0.00799. The Morgan fingerprint density at radius 3 is 2.63 bits per heavy atom. The van der Waals surface area contributed by atoms with Crippen molar-refractivity contribution in [3.8, 4) is 0 Å². The van der Waals surface area contributed by atoms with E-state index in [2.05, 4.69) is 10.2 Å². The molecule has 1 aromatic carbocycles. The molecule has 2 aromatic heterocycles. The molecule has 2 aliphatic rings. The molecule has 0 spiro atoms. The third-order valence-electron chi connectivity index (χ3n) is 5.21. The summed E-state index contributed by atoms with van der Waals surface area (Å²) in [4.78, 5) is 49.6. The lowest BCUT2D eigenvalue weighted by Crippen LogP contribution is -2.34. The molecule has 1 aliphatic carbocycles. The maximum Gasteiger partial charge on any atom is 0.347 e. The van der Waals surface area contributed by atoms with E-state index in [9.17, 15) is 19.2 Å². The molecule has 176 valence electrons. The minimum atomic E-state index is -0.946. The zero-order chi connectivity index (χ0) is 24.4. The van der Waals surface area contributed by atoms with E-state index in [1.807, 2.05) is 12.2 Å². The Bertz CT molecular complexity index is 1490. The average Bonchev–Trinajstić information content (AvgIpc) is 3.33. The van der Waals surface area contributed by atoms with E-state index in [0.29, 0.717) is 19.6 Å². The highest BCUT2D eigenvalue weighted by Crippen LogP contribution is 2.31. The largest absolute Gasteiger partial charge is 0.452 e. The predicted molar refractivity (Wildman–Crippen MR) is 133 cm³/mol. The van der Waals surface area contributed by atoms with Gasteiger partial charge >= 0.3 is 11.6 Å². The monoisotopic (exact) mass is 524 g/mol. The quantitative estimate of drug-likeness (QED) is 0.141. The highest BCUT2D eigenvalue weighted by molar-refractivity contribution is 8.03. The Morgan fingerprint density at radius 2 is 1.80 bits per heavy atom. The molecule has 0 fully saturated rings. The summed E-state index contributed by atoms with van der Waals surface area (Å²) in [7, 11) is 0. The first-order chi connectivity index (χ1) is 17.0. The van der Waals surface area contributed by atoms with Crippen molar-refractivity contribution in [1.82, 2.24) is 10.2 Å². The molecule has 8 nitrogen and oxygen atoms in total. The predicted octanol–water partition coefficient (Wildman–Crippen LogP) is 3.87. The molecule has 0 saturated carbocycles. The zero-order valence-electron chi connectivity index (χ0n) is 17.9. The van der Waals surface area contributed by atoms with E-state index >= 15 is 0 Å². The van der Waals surface area contributed by atoms with Crippen molar-refractivity contribution in [2.45, 2.75) is 14.8 Å². The van der Waals surface area contributed by atoms with Crippen molar-refractivity contribution in [1.29, 1.82) is 0 Å². The number of aromatic nitrogens is 2. The summed E-state index contributed by atoms with van der Waals surface area (Å²) in [5.74, 6) is -2.14. The maximum absolute atomic E-state index is 12.6. The molecular formula is C24H16N2O6S3. The second-order valence-corrected chi connectivity index (χ2v) is 11.0. The summed E-state index contributed by atoms with van der Waals surface area (Å²) in [6.45, 7) is 0. The maximum atomic E-state index is 12.6. The Labute approximate surface area is 211 Å². The highest BCUT2D eigenvalue weighted by Gasteiger charge is 2.34. The Hall–Kier alpha value is -3.28. The van der Waals surface area contributed by atoms with Gasteiger partial charge in [-0.3, -0.25) is 14.4 Å². The van der Waals surface area contributed by atoms with Crippen molar-refractivity contribution in [3.63, 3.8) is 0 Å². The van der Waals surface area contributed by atoms with E-state index in [0.717, 1.165) is 17.3 Å². The molecule has 1 aliphatic heterocycles. The molecule has 3 heterocycles. The van der Waals surface area contributed by atoms with Crippen LogP contribution in [0.4, 0.5) is 0 Å². The van der Waals surface area contributed by atoms with Crippen LogP contribution in [0.1, 0.15) is 10.4 Å². The van der Waals surface area contributed by atoms with Crippen LogP contribution in [0.2, 0.25) is 0 Å².